The van der Waals surface area contributed by atoms with Crippen molar-refractivity contribution in [1.82, 2.24) is 0 Å². The van der Waals surface area contributed by atoms with Crippen molar-refractivity contribution >= 4 is 0 Å². The average Bonchev–Trinajstić information content (AvgIpc) is 1.97. The van der Waals surface area contributed by atoms with Crippen LogP contribution in [-0.2, 0) is 0 Å². The Bertz CT molecular complexity index is 142. The quantitative estimate of drug-likeness (QED) is 0.574. The Morgan fingerprint density at radius 2 is 1.82 bits per heavy atom. The number of aliphatic hydroxyl groups excluding tert-OH is 1. The first kappa shape index (κ1) is 8.79. The lowest BCUT2D eigenvalue weighted by atomic mass is 9.74. The minimum atomic E-state index is -0.140. The van der Waals surface area contributed by atoms with Crippen LogP contribution in [0.5, 0.6) is 0 Å². The molecule has 0 aromatic carbocycles. The summed E-state index contributed by atoms with van der Waals surface area (Å²) in [7, 11) is 0. The van der Waals surface area contributed by atoms with Gasteiger partial charge in [-0.05, 0) is 24.7 Å². The topological polar surface area (TPSA) is 20.2 Å². The van der Waals surface area contributed by atoms with Gasteiger partial charge in [-0.2, -0.15) is 0 Å². The standard InChI is InChI=1S/C10H18O/c1-4-9-5-7(2)8(3)6-10(9)11/h4,7-11H,1,5-6H2,2-3H3. The van der Waals surface area contributed by atoms with Gasteiger partial charge >= 0.3 is 0 Å². The molecule has 0 aliphatic heterocycles. The predicted octanol–water partition coefficient (Wildman–Crippen LogP) is 2.22. The van der Waals surface area contributed by atoms with Gasteiger partial charge in [0.25, 0.3) is 0 Å². The summed E-state index contributed by atoms with van der Waals surface area (Å²) in [5, 5.41) is 9.59. The fourth-order valence-electron chi connectivity index (χ4n) is 1.86. The van der Waals surface area contributed by atoms with E-state index in [4.69, 9.17) is 0 Å². The maximum atomic E-state index is 9.59. The largest absolute Gasteiger partial charge is 0.393 e. The lowest BCUT2D eigenvalue weighted by Gasteiger charge is -2.34. The van der Waals surface area contributed by atoms with Gasteiger partial charge in [0, 0.05) is 5.92 Å². The molecule has 1 rings (SSSR count). The van der Waals surface area contributed by atoms with E-state index in [1.165, 1.54) is 0 Å². The van der Waals surface area contributed by atoms with Crippen molar-refractivity contribution in [3.8, 4) is 0 Å². The molecule has 1 aliphatic carbocycles. The smallest absolute Gasteiger partial charge is 0.0605 e. The van der Waals surface area contributed by atoms with E-state index in [-0.39, 0.29) is 6.10 Å². The summed E-state index contributed by atoms with van der Waals surface area (Å²) >= 11 is 0. The Morgan fingerprint density at radius 3 is 2.36 bits per heavy atom. The molecule has 1 heteroatoms. The first-order valence-electron chi connectivity index (χ1n) is 4.45. The van der Waals surface area contributed by atoms with Crippen molar-refractivity contribution in [3.05, 3.63) is 12.7 Å². The molecule has 64 valence electrons. The third-order valence-electron chi connectivity index (χ3n) is 3.03. The molecule has 0 radical (unpaired) electrons. The minimum Gasteiger partial charge on any atom is -0.393 e. The van der Waals surface area contributed by atoms with Crippen LogP contribution in [0, 0.1) is 17.8 Å². The summed E-state index contributed by atoms with van der Waals surface area (Å²) in [5.41, 5.74) is 0. The number of hydrogen-bond acceptors (Lipinski definition) is 1. The first-order chi connectivity index (χ1) is 5.15. The zero-order valence-corrected chi connectivity index (χ0v) is 7.46. The molecule has 0 amide bonds. The molecule has 0 aromatic rings. The second-order valence-corrected chi connectivity index (χ2v) is 3.89. The molecule has 0 aromatic heterocycles. The van der Waals surface area contributed by atoms with Crippen LogP contribution in [0.1, 0.15) is 26.7 Å². The Balaban J connectivity index is 2.54. The normalized spacial score (nSPS) is 45.4. The second kappa shape index (κ2) is 3.40. The van der Waals surface area contributed by atoms with E-state index in [0.29, 0.717) is 11.8 Å². The van der Waals surface area contributed by atoms with Crippen molar-refractivity contribution in [1.29, 1.82) is 0 Å². The molecule has 4 unspecified atom stereocenters. The highest BCUT2D eigenvalue weighted by Crippen LogP contribution is 2.33. The van der Waals surface area contributed by atoms with Crippen LogP contribution in [0.4, 0.5) is 0 Å². The number of hydrogen-bond donors (Lipinski definition) is 1. The van der Waals surface area contributed by atoms with Crippen LogP contribution in [0.15, 0.2) is 12.7 Å². The number of aliphatic hydroxyl groups is 1. The molecule has 0 saturated heterocycles. The SMILES string of the molecule is C=CC1CC(C)C(C)CC1O. The molecule has 0 bridgehead atoms. The van der Waals surface area contributed by atoms with Gasteiger partial charge in [-0.3, -0.25) is 0 Å². The molecule has 4 atom stereocenters. The molecule has 1 saturated carbocycles. The zero-order chi connectivity index (χ0) is 8.43. The second-order valence-electron chi connectivity index (χ2n) is 3.89. The van der Waals surface area contributed by atoms with Crippen LogP contribution in [0.3, 0.4) is 0 Å². The van der Waals surface area contributed by atoms with Crippen molar-refractivity contribution < 1.29 is 5.11 Å². The van der Waals surface area contributed by atoms with E-state index in [0.717, 1.165) is 18.8 Å². The maximum absolute atomic E-state index is 9.59. The predicted molar refractivity (Wildman–Crippen MR) is 47.3 cm³/mol. The van der Waals surface area contributed by atoms with Crippen LogP contribution < -0.4 is 0 Å². The van der Waals surface area contributed by atoms with Crippen molar-refractivity contribution in [3.63, 3.8) is 0 Å². The van der Waals surface area contributed by atoms with Crippen LogP contribution in [0.25, 0.3) is 0 Å². The Labute approximate surface area is 69.1 Å². The summed E-state index contributed by atoms with van der Waals surface area (Å²) < 4.78 is 0. The van der Waals surface area contributed by atoms with Crippen molar-refractivity contribution in [2.45, 2.75) is 32.8 Å². The Morgan fingerprint density at radius 1 is 1.27 bits per heavy atom. The third-order valence-corrected chi connectivity index (χ3v) is 3.03. The van der Waals surface area contributed by atoms with E-state index >= 15 is 0 Å². The van der Waals surface area contributed by atoms with Gasteiger partial charge in [-0.25, -0.2) is 0 Å². The fourth-order valence-corrected chi connectivity index (χ4v) is 1.86. The average molecular weight is 154 g/mol. The highest BCUT2D eigenvalue weighted by Gasteiger charge is 2.29. The monoisotopic (exact) mass is 154 g/mol. The number of rotatable bonds is 1. The molecular weight excluding hydrogens is 136 g/mol. The molecule has 1 N–H and O–H groups in total. The van der Waals surface area contributed by atoms with E-state index in [9.17, 15) is 5.11 Å². The Kier molecular flexibility index (Phi) is 2.72. The van der Waals surface area contributed by atoms with Gasteiger partial charge < -0.3 is 5.11 Å². The van der Waals surface area contributed by atoms with Gasteiger partial charge in [0.05, 0.1) is 6.10 Å². The molecular formula is C10H18O. The van der Waals surface area contributed by atoms with E-state index in [1.807, 2.05) is 6.08 Å². The van der Waals surface area contributed by atoms with E-state index in [1.54, 1.807) is 0 Å². The minimum absolute atomic E-state index is 0.140. The maximum Gasteiger partial charge on any atom is 0.0605 e. The van der Waals surface area contributed by atoms with Crippen molar-refractivity contribution in [2.75, 3.05) is 0 Å². The van der Waals surface area contributed by atoms with Gasteiger partial charge in [-0.1, -0.05) is 19.9 Å². The molecule has 0 spiro atoms. The van der Waals surface area contributed by atoms with Gasteiger partial charge in [-0.15, -0.1) is 6.58 Å². The van der Waals surface area contributed by atoms with Crippen LogP contribution in [0.2, 0.25) is 0 Å². The van der Waals surface area contributed by atoms with Gasteiger partial charge in [0.15, 0.2) is 0 Å². The lowest BCUT2D eigenvalue weighted by Crippen LogP contribution is -2.31. The molecule has 1 nitrogen and oxygen atoms in total. The van der Waals surface area contributed by atoms with Gasteiger partial charge in [0.1, 0.15) is 0 Å². The zero-order valence-electron chi connectivity index (χ0n) is 7.46. The lowest BCUT2D eigenvalue weighted by molar-refractivity contribution is 0.0455. The highest BCUT2D eigenvalue weighted by molar-refractivity contribution is 4.91. The van der Waals surface area contributed by atoms with Gasteiger partial charge in [0.2, 0.25) is 0 Å². The summed E-state index contributed by atoms with van der Waals surface area (Å²) in [6, 6.07) is 0. The highest BCUT2D eigenvalue weighted by atomic mass is 16.3. The third kappa shape index (κ3) is 1.84. The fraction of sp³-hybridized carbons (Fsp3) is 0.800. The summed E-state index contributed by atoms with van der Waals surface area (Å²) in [6.45, 7) is 8.21. The molecule has 1 fully saturated rings. The van der Waals surface area contributed by atoms with E-state index < -0.39 is 0 Å². The van der Waals surface area contributed by atoms with Crippen LogP contribution >= 0.6 is 0 Å². The van der Waals surface area contributed by atoms with E-state index in [2.05, 4.69) is 20.4 Å². The Hall–Kier alpha value is -0.300. The molecule has 0 heterocycles. The summed E-state index contributed by atoms with van der Waals surface area (Å²) in [4.78, 5) is 0. The molecule has 1 aliphatic rings. The molecule has 11 heavy (non-hydrogen) atoms. The first-order valence-corrected chi connectivity index (χ1v) is 4.45. The van der Waals surface area contributed by atoms with Crippen molar-refractivity contribution in [2.24, 2.45) is 17.8 Å². The summed E-state index contributed by atoms with van der Waals surface area (Å²) in [6.07, 6.45) is 3.80. The summed E-state index contributed by atoms with van der Waals surface area (Å²) in [5.74, 6) is 1.74. The van der Waals surface area contributed by atoms with Crippen LogP contribution in [-0.4, -0.2) is 11.2 Å².